The molecule has 0 bridgehead atoms. The van der Waals surface area contributed by atoms with Crippen LogP contribution in [0.4, 0.5) is 0 Å². The first-order valence-corrected chi connectivity index (χ1v) is 8.67. The van der Waals surface area contributed by atoms with E-state index in [4.69, 9.17) is 4.42 Å². The average molecular weight is 303 g/mol. The monoisotopic (exact) mass is 303 g/mol. The molecular formula is C16H21N3OS. The highest BCUT2D eigenvalue weighted by molar-refractivity contribution is 8.00. The van der Waals surface area contributed by atoms with Crippen molar-refractivity contribution in [1.29, 1.82) is 0 Å². The van der Waals surface area contributed by atoms with Gasteiger partial charge in [-0.05, 0) is 31.2 Å². The summed E-state index contributed by atoms with van der Waals surface area (Å²) in [5.41, 5.74) is 0.965. The Labute approximate surface area is 129 Å². The third-order valence-corrected chi connectivity index (χ3v) is 5.58. The molecular weight excluding hydrogens is 282 g/mol. The molecule has 1 fully saturated rings. The summed E-state index contributed by atoms with van der Waals surface area (Å²) < 4.78 is 6.11. The lowest BCUT2D eigenvalue weighted by Gasteiger charge is -2.26. The summed E-state index contributed by atoms with van der Waals surface area (Å²) in [7, 11) is 0. The van der Waals surface area contributed by atoms with Crippen LogP contribution >= 0.6 is 11.8 Å². The fourth-order valence-electron chi connectivity index (χ4n) is 2.89. The third kappa shape index (κ3) is 3.47. The molecule has 112 valence electrons. The normalized spacial score (nSPS) is 17.2. The fraction of sp³-hybridized carbons (Fsp3) is 0.500. The highest BCUT2D eigenvalue weighted by atomic mass is 32.2. The van der Waals surface area contributed by atoms with Crippen LogP contribution in [0.3, 0.4) is 0 Å². The van der Waals surface area contributed by atoms with Gasteiger partial charge in [0.15, 0.2) is 0 Å². The van der Waals surface area contributed by atoms with E-state index in [0.717, 1.165) is 12.1 Å². The largest absolute Gasteiger partial charge is 0.419 e. The van der Waals surface area contributed by atoms with Gasteiger partial charge in [-0.15, -0.1) is 10.2 Å². The predicted octanol–water partition coefficient (Wildman–Crippen LogP) is 3.50. The number of nitrogens with one attached hydrogen (secondary N) is 1. The van der Waals surface area contributed by atoms with Crippen molar-refractivity contribution in [3.63, 3.8) is 0 Å². The number of thioether (sulfide) groups is 1. The first kappa shape index (κ1) is 14.6. The molecule has 4 nitrogen and oxygen atoms in total. The van der Waals surface area contributed by atoms with E-state index in [1.807, 2.05) is 42.1 Å². The lowest BCUT2D eigenvalue weighted by molar-refractivity contribution is 0.456. The number of benzene rings is 1. The summed E-state index contributed by atoms with van der Waals surface area (Å²) in [6, 6.07) is 9.88. The zero-order valence-electron chi connectivity index (χ0n) is 12.3. The highest BCUT2D eigenvalue weighted by Crippen LogP contribution is 2.39. The first-order chi connectivity index (χ1) is 10.3. The molecule has 3 rings (SSSR count). The SMILES string of the molecule is CSC1(CNCc2nnc(-c3ccccc3)o2)CCCC1. The van der Waals surface area contributed by atoms with Crippen LogP contribution < -0.4 is 5.32 Å². The van der Waals surface area contributed by atoms with Gasteiger partial charge in [-0.2, -0.15) is 11.8 Å². The molecule has 2 aromatic rings. The Hall–Kier alpha value is -1.33. The highest BCUT2D eigenvalue weighted by Gasteiger charge is 2.32. The van der Waals surface area contributed by atoms with Crippen molar-refractivity contribution in [2.45, 2.75) is 37.0 Å². The average Bonchev–Trinajstić information content (AvgIpc) is 3.18. The summed E-state index contributed by atoms with van der Waals surface area (Å²) in [5, 5.41) is 11.7. The zero-order valence-corrected chi connectivity index (χ0v) is 13.2. The second kappa shape index (κ2) is 6.62. The van der Waals surface area contributed by atoms with Gasteiger partial charge in [0.1, 0.15) is 0 Å². The summed E-state index contributed by atoms with van der Waals surface area (Å²) in [5.74, 6) is 1.25. The molecule has 0 unspecified atom stereocenters. The van der Waals surface area contributed by atoms with Crippen LogP contribution in [0.2, 0.25) is 0 Å². The van der Waals surface area contributed by atoms with E-state index in [-0.39, 0.29) is 0 Å². The van der Waals surface area contributed by atoms with Crippen molar-refractivity contribution in [2.24, 2.45) is 0 Å². The molecule has 5 heteroatoms. The van der Waals surface area contributed by atoms with E-state index in [1.165, 1.54) is 25.7 Å². The first-order valence-electron chi connectivity index (χ1n) is 7.45. The molecule has 1 aromatic carbocycles. The molecule has 1 aliphatic carbocycles. The number of hydrogen-bond acceptors (Lipinski definition) is 5. The van der Waals surface area contributed by atoms with E-state index >= 15 is 0 Å². The van der Waals surface area contributed by atoms with E-state index in [1.54, 1.807) is 0 Å². The van der Waals surface area contributed by atoms with Crippen LogP contribution in [0.5, 0.6) is 0 Å². The van der Waals surface area contributed by atoms with Crippen LogP contribution in [0.1, 0.15) is 31.6 Å². The maximum Gasteiger partial charge on any atom is 0.247 e. The van der Waals surface area contributed by atoms with Gasteiger partial charge in [-0.25, -0.2) is 0 Å². The van der Waals surface area contributed by atoms with Crippen LogP contribution in [-0.2, 0) is 6.54 Å². The standard InChI is InChI=1S/C16H21N3OS/c1-21-16(9-5-6-10-16)12-17-11-14-18-19-15(20-14)13-7-3-2-4-8-13/h2-4,7-8,17H,5-6,9-12H2,1H3. The van der Waals surface area contributed by atoms with Gasteiger partial charge in [-0.1, -0.05) is 31.0 Å². The smallest absolute Gasteiger partial charge is 0.247 e. The van der Waals surface area contributed by atoms with Crippen LogP contribution in [0, 0.1) is 0 Å². The van der Waals surface area contributed by atoms with Crippen LogP contribution in [0.25, 0.3) is 11.5 Å². The van der Waals surface area contributed by atoms with E-state index < -0.39 is 0 Å². The topological polar surface area (TPSA) is 51.0 Å². The van der Waals surface area contributed by atoms with Crippen LogP contribution in [-0.4, -0.2) is 27.7 Å². The van der Waals surface area contributed by atoms with Crippen molar-refractivity contribution in [3.8, 4) is 11.5 Å². The fourth-order valence-corrected chi connectivity index (χ4v) is 3.84. The number of aromatic nitrogens is 2. The molecule has 1 aromatic heterocycles. The van der Waals surface area contributed by atoms with Gasteiger partial charge in [0.25, 0.3) is 0 Å². The Balaban J connectivity index is 1.56. The molecule has 0 aliphatic heterocycles. The van der Waals surface area contributed by atoms with Crippen molar-refractivity contribution in [1.82, 2.24) is 15.5 Å². The number of hydrogen-bond donors (Lipinski definition) is 1. The lowest BCUT2D eigenvalue weighted by Crippen LogP contribution is -2.34. The molecule has 1 N–H and O–H groups in total. The molecule has 1 saturated carbocycles. The van der Waals surface area contributed by atoms with Crippen molar-refractivity contribution in [3.05, 3.63) is 36.2 Å². The minimum atomic E-state index is 0.405. The summed E-state index contributed by atoms with van der Waals surface area (Å²) in [6.07, 6.45) is 7.52. The van der Waals surface area contributed by atoms with Gasteiger partial charge >= 0.3 is 0 Å². The Morgan fingerprint density at radius 2 is 1.95 bits per heavy atom. The molecule has 0 amide bonds. The Morgan fingerprint density at radius 1 is 1.19 bits per heavy atom. The van der Waals surface area contributed by atoms with Crippen molar-refractivity contribution in [2.75, 3.05) is 12.8 Å². The second-order valence-electron chi connectivity index (χ2n) is 5.56. The molecule has 0 radical (unpaired) electrons. The molecule has 1 aliphatic rings. The van der Waals surface area contributed by atoms with Gasteiger partial charge in [0.05, 0.1) is 6.54 Å². The molecule has 21 heavy (non-hydrogen) atoms. The number of rotatable bonds is 6. The summed E-state index contributed by atoms with van der Waals surface area (Å²) in [6.45, 7) is 1.65. The maximum absolute atomic E-state index is 5.71. The lowest BCUT2D eigenvalue weighted by atomic mass is 10.1. The van der Waals surface area contributed by atoms with Crippen molar-refractivity contribution >= 4 is 11.8 Å². The van der Waals surface area contributed by atoms with Gasteiger partial charge < -0.3 is 9.73 Å². The molecule has 0 spiro atoms. The van der Waals surface area contributed by atoms with Crippen molar-refractivity contribution < 1.29 is 4.42 Å². The molecule has 0 atom stereocenters. The number of nitrogens with zero attached hydrogens (tertiary/aromatic N) is 2. The second-order valence-corrected chi connectivity index (χ2v) is 6.84. The Morgan fingerprint density at radius 3 is 2.67 bits per heavy atom. The molecule has 0 saturated heterocycles. The Bertz CT molecular complexity index is 564. The van der Waals surface area contributed by atoms with E-state index in [9.17, 15) is 0 Å². The van der Waals surface area contributed by atoms with Gasteiger partial charge in [-0.3, -0.25) is 0 Å². The predicted molar refractivity (Wildman–Crippen MR) is 86.2 cm³/mol. The van der Waals surface area contributed by atoms with E-state index in [0.29, 0.717) is 23.1 Å². The zero-order chi connectivity index (χ0) is 14.5. The van der Waals surface area contributed by atoms with Crippen LogP contribution in [0.15, 0.2) is 34.7 Å². The summed E-state index contributed by atoms with van der Waals surface area (Å²) in [4.78, 5) is 0. The third-order valence-electron chi connectivity index (χ3n) is 4.16. The minimum Gasteiger partial charge on any atom is -0.419 e. The summed E-state index contributed by atoms with van der Waals surface area (Å²) >= 11 is 1.99. The quantitative estimate of drug-likeness (QED) is 0.885. The van der Waals surface area contributed by atoms with Gasteiger partial charge in [0, 0.05) is 16.9 Å². The maximum atomic E-state index is 5.71. The van der Waals surface area contributed by atoms with Gasteiger partial charge in [0.2, 0.25) is 11.8 Å². The van der Waals surface area contributed by atoms with E-state index in [2.05, 4.69) is 21.8 Å². The molecule has 1 heterocycles. The Kier molecular flexibility index (Phi) is 4.60. The minimum absolute atomic E-state index is 0.405.